The van der Waals surface area contributed by atoms with Crippen LogP contribution in [0.15, 0.2) is 24.3 Å². The summed E-state index contributed by atoms with van der Waals surface area (Å²) in [6, 6.07) is 5.45. The second-order valence-corrected chi connectivity index (χ2v) is 5.79. The molecule has 0 unspecified atom stereocenters. The van der Waals surface area contributed by atoms with Crippen molar-refractivity contribution in [2.75, 3.05) is 13.6 Å². The lowest BCUT2D eigenvalue weighted by Crippen LogP contribution is -2.34. The van der Waals surface area contributed by atoms with Gasteiger partial charge in [-0.15, -0.1) is 0 Å². The zero-order valence-electron chi connectivity index (χ0n) is 12.5. The van der Waals surface area contributed by atoms with Gasteiger partial charge < -0.3 is 10.0 Å². The average molecular weight is 287 g/mol. The fourth-order valence-electron chi connectivity index (χ4n) is 2.57. The maximum atomic E-state index is 12.4. The summed E-state index contributed by atoms with van der Waals surface area (Å²) in [7, 11) is 1.83. The summed E-state index contributed by atoms with van der Waals surface area (Å²) in [6.07, 6.45) is 6.27. The molecule has 1 aliphatic carbocycles. The highest BCUT2D eigenvalue weighted by Crippen LogP contribution is 2.27. The summed E-state index contributed by atoms with van der Waals surface area (Å²) in [4.78, 5) is 24.8. The molecule has 2 rings (SSSR count). The molecule has 1 fully saturated rings. The molecule has 112 valence electrons. The Kier molecular flexibility index (Phi) is 4.78. The SMILES string of the molecule is Cc1cc(/C=C/C(=O)O)cc(C(=O)N(C)CC2CCC2)c1. The molecule has 1 amide bonds. The molecule has 4 nitrogen and oxygen atoms in total. The van der Waals surface area contributed by atoms with Gasteiger partial charge in [0.1, 0.15) is 0 Å². The number of aryl methyl sites for hydroxylation is 1. The van der Waals surface area contributed by atoms with Gasteiger partial charge in [0.05, 0.1) is 0 Å². The van der Waals surface area contributed by atoms with Crippen LogP contribution in [0.1, 0.15) is 40.7 Å². The van der Waals surface area contributed by atoms with Crippen LogP contribution in [0, 0.1) is 12.8 Å². The Balaban J connectivity index is 2.13. The minimum Gasteiger partial charge on any atom is -0.478 e. The van der Waals surface area contributed by atoms with Gasteiger partial charge in [-0.05, 0) is 55.0 Å². The van der Waals surface area contributed by atoms with Gasteiger partial charge in [0.25, 0.3) is 5.91 Å². The lowest BCUT2D eigenvalue weighted by Gasteiger charge is -2.30. The molecule has 4 heteroatoms. The van der Waals surface area contributed by atoms with E-state index in [0.717, 1.165) is 23.7 Å². The highest BCUT2D eigenvalue weighted by molar-refractivity contribution is 5.95. The van der Waals surface area contributed by atoms with Crippen molar-refractivity contribution >= 4 is 18.0 Å². The first kappa shape index (κ1) is 15.3. The van der Waals surface area contributed by atoms with Crippen molar-refractivity contribution in [3.05, 3.63) is 41.0 Å². The average Bonchev–Trinajstić information content (AvgIpc) is 2.39. The van der Waals surface area contributed by atoms with E-state index in [0.29, 0.717) is 11.5 Å². The van der Waals surface area contributed by atoms with Gasteiger partial charge in [-0.2, -0.15) is 0 Å². The first-order valence-corrected chi connectivity index (χ1v) is 7.24. The number of carbonyl (C=O) groups is 2. The van der Waals surface area contributed by atoms with Crippen molar-refractivity contribution in [1.82, 2.24) is 4.90 Å². The Labute approximate surface area is 125 Å². The fourth-order valence-corrected chi connectivity index (χ4v) is 2.57. The molecule has 0 aliphatic heterocycles. The Morgan fingerprint density at radius 2 is 2.05 bits per heavy atom. The van der Waals surface area contributed by atoms with Crippen LogP contribution in [0.5, 0.6) is 0 Å². The molecule has 0 radical (unpaired) electrons. The van der Waals surface area contributed by atoms with Crippen LogP contribution in [0.2, 0.25) is 0 Å². The third kappa shape index (κ3) is 4.18. The molecule has 21 heavy (non-hydrogen) atoms. The van der Waals surface area contributed by atoms with E-state index in [1.165, 1.54) is 25.3 Å². The number of aliphatic carboxylic acids is 1. The topological polar surface area (TPSA) is 57.6 Å². The van der Waals surface area contributed by atoms with Crippen molar-refractivity contribution in [1.29, 1.82) is 0 Å². The summed E-state index contributed by atoms with van der Waals surface area (Å²) >= 11 is 0. The number of carboxylic acid groups (broad SMARTS) is 1. The molecule has 1 saturated carbocycles. The molecule has 0 spiro atoms. The van der Waals surface area contributed by atoms with E-state index >= 15 is 0 Å². The smallest absolute Gasteiger partial charge is 0.328 e. The van der Waals surface area contributed by atoms with E-state index in [-0.39, 0.29) is 5.91 Å². The summed E-state index contributed by atoms with van der Waals surface area (Å²) in [5, 5.41) is 8.68. The second kappa shape index (κ2) is 6.57. The Morgan fingerprint density at radius 3 is 2.62 bits per heavy atom. The molecule has 0 saturated heterocycles. The molecule has 0 bridgehead atoms. The maximum Gasteiger partial charge on any atom is 0.328 e. The standard InChI is InChI=1S/C17H21NO3/c1-12-8-14(6-7-16(19)20)10-15(9-12)17(21)18(2)11-13-4-3-5-13/h6-10,13H,3-5,11H2,1-2H3,(H,19,20)/b7-6+. The number of rotatable bonds is 5. The van der Waals surface area contributed by atoms with Crippen LogP contribution in [-0.2, 0) is 4.79 Å². The normalized spacial score (nSPS) is 15.0. The van der Waals surface area contributed by atoms with Crippen molar-refractivity contribution in [2.45, 2.75) is 26.2 Å². The van der Waals surface area contributed by atoms with Crippen molar-refractivity contribution in [3.8, 4) is 0 Å². The second-order valence-electron chi connectivity index (χ2n) is 5.79. The molecule has 1 aliphatic rings. The van der Waals surface area contributed by atoms with Gasteiger partial charge in [0.2, 0.25) is 0 Å². The minimum atomic E-state index is -0.994. The number of hydrogen-bond donors (Lipinski definition) is 1. The lowest BCUT2D eigenvalue weighted by atomic mass is 9.85. The number of carboxylic acids is 1. The van der Waals surface area contributed by atoms with Crippen LogP contribution in [0.4, 0.5) is 0 Å². The highest BCUT2D eigenvalue weighted by Gasteiger charge is 2.22. The molecular formula is C17H21NO3. The van der Waals surface area contributed by atoms with E-state index in [1.807, 2.05) is 26.1 Å². The van der Waals surface area contributed by atoms with Gasteiger partial charge in [0.15, 0.2) is 0 Å². The fraction of sp³-hybridized carbons (Fsp3) is 0.412. The monoisotopic (exact) mass is 287 g/mol. The number of nitrogens with zero attached hydrogens (tertiary/aromatic N) is 1. The summed E-state index contributed by atoms with van der Waals surface area (Å²) in [5.74, 6) is -0.364. The van der Waals surface area contributed by atoms with E-state index < -0.39 is 5.97 Å². The maximum absolute atomic E-state index is 12.4. The van der Waals surface area contributed by atoms with Crippen LogP contribution in [0.25, 0.3) is 6.08 Å². The molecular weight excluding hydrogens is 266 g/mol. The first-order chi connectivity index (χ1) is 9.95. The van der Waals surface area contributed by atoms with Crippen molar-refractivity contribution in [3.63, 3.8) is 0 Å². The first-order valence-electron chi connectivity index (χ1n) is 7.24. The van der Waals surface area contributed by atoms with Gasteiger partial charge in [-0.1, -0.05) is 12.5 Å². The lowest BCUT2D eigenvalue weighted by molar-refractivity contribution is -0.131. The van der Waals surface area contributed by atoms with Crippen LogP contribution in [-0.4, -0.2) is 35.5 Å². The number of amides is 1. The Hall–Kier alpha value is -2.10. The minimum absolute atomic E-state index is 0.00410. The van der Waals surface area contributed by atoms with E-state index in [9.17, 15) is 9.59 Å². The van der Waals surface area contributed by atoms with E-state index in [1.54, 1.807) is 11.0 Å². The van der Waals surface area contributed by atoms with Crippen LogP contribution in [0.3, 0.4) is 0 Å². The van der Waals surface area contributed by atoms with E-state index in [2.05, 4.69) is 0 Å². The third-order valence-electron chi connectivity index (χ3n) is 3.87. The van der Waals surface area contributed by atoms with Crippen molar-refractivity contribution in [2.24, 2.45) is 5.92 Å². The van der Waals surface area contributed by atoms with Gasteiger partial charge in [-0.3, -0.25) is 4.79 Å². The van der Waals surface area contributed by atoms with Gasteiger partial charge >= 0.3 is 5.97 Å². The quantitative estimate of drug-likeness (QED) is 0.847. The van der Waals surface area contributed by atoms with Crippen molar-refractivity contribution < 1.29 is 14.7 Å². The molecule has 1 aromatic carbocycles. The van der Waals surface area contributed by atoms with Gasteiger partial charge in [0, 0.05) is 25.2 Å². The third-order valence-corrected chi connectivity index (χ3v) is 3.87. The molecule has 1 aromatic rings. The predicted octanol–water partition coefficient (Wildman–Crippen LogP) is 2.96. The van der Waals surface area contributed by atoms with Crippen LogP contribution < -0.4 is 0 Å². The number of carbonyl (C=O) groups excluding carboxylic acids is 1. The number of benzene rings is 1. The van der Waals surface area contributed by atoms with Crippen LogP contribution >= 0.6 is 0 Å². The zero-order chi connectivity index (χ0) is 15.4. The molecule has 0 aromatic heterocycles. The predicted molar refractivity (Wildman–Crippen MR) is 82.2 cm³/mol. The summed E-state index contributed by atoms with van der Waals surface area (Å²) in [6.45, 7) is 2.70. The number of hydrogen-bond acceptors (Lipinski definition) is 2. The zero-order valence-corrected chi connectivity index (χ0v) is 12.5. The Bertz CT molecular complexity index is 573. The molecule has 0 heterocycles. The highest BCUT2D eigenvalue weighted by atomic mass is 16.4. The van der Waals surface area contributed by atoms with E-state index in [4.69, 9.17) is 5.11 Å². The Morgan fingerprint density at radius 1 is 1.33 bits per heavy atom. The largest absolute Gasteiger partial charge is 0.478 e. The molecule has 0 atom stereocenters. The summed E-state index contributed by atoms with van der Waals surface area (Å²) < 4.78 is 0. The van der Waals surface area contributed by atoms with Gasteiger partial charge in [-0.25, -0.2) is 4.79 Å². The molecule has 1 N–H and O–H groups in total. The summed E-state index contributed by atoms with van der Waals surface area (Å²) in [5.41, 5.74) is 2.29.